The third-order valence-corrected chi connectivity index (χ3v) is 11.1. The van der Waals surface area contributed by atoms with Crippen molar-refractivity contribution in [2.24, 2.45) is 11.3 Å². The fraction of sp³-hybridized carbons (Fsp3) is 0.600. The van der Waals surface area contributed by atoms with E-state index in [1.54, 1.807) is 24.3 Å². The lowest BCUT2D eigenvalue weighted by molar-refractivity contribution is -0.145. The van der Waals surface area contributed by atoms with Crippen molar-refractivity contribution in [1.29, 1.82) is 0 Å². The van der Waals surface area contributed by atoms with Gasteiger partial charge in [-0.3, -0.25) is 19.2 Å². The Hall–Kier alpha value is -4.21. The second kappa shape index (κ2) is 19.3. The number of para-hydroxylation sites is 2. The van der Waals surface area contributed by atoms with Gasteiger partial charge in [-0.05, 0) is 73.9 Å². The Morgan fingerprint density at radius 1 is 1.02 bits per heavy atom. The Morgan fingerprint density at radius 3 is 2.36 bits per heavy atom. The van der Waals surface area contributed by atoms with Crippen molar-refractivity contribution in [3.8, 4) is 5.88 Å². The lowest BCUT2D eigenvalue weighted by Gasteiger charge is -2.38. The number of hydrogen-bond acceptors (Lipinski definition) is 9. The summed E-state index contributed by atoms with van der Waals surface area (Å²) in [5.41, 5.74) is 6.46. The average Bonchev–Trinajstić information content (AvgIpc) is 3.88. The number of aliphatic hydroxyl groups is 1. The number of nitrogens with zero attached hydrogens (tertiary/aromatic N) is 2. The molecule has 1 aromatic carbocycles. The van der Waals surface area contributed by atoms with Crippen molar-refractivity contribution in [2.75, 3.05) is 17.6 Å². The van der Waals surface area contributed by atoms with Gasteiger partial charge in [0.05, 0.1) is 29.0 Å². The molecular weight excluding hydrogens is 756 g/mol. The molecule has 1 saturated heterocycles. The highest BCUT2D eigenvalue weighted by Crippen LogP contribution is 2.31. The van der Waals surface area contributed by atoms with E-state index >= 15 is 0 Å². The third kappa shape index (κ3) is 11.7. The second-order valence-electron chi connectivity index (χ2n) is 16.3. The van der Waals surface area contributed by atoms with E-state index in [1.807, 2.05) is 39.8 Å². The summed E-state index contributed by atoms with van der Waals surface area (Å²) in [6, 6.07) is 6.73. The van der Waals surface area contributed by atoms with Crippen molar-refractivity contribution in [3.05, 3.63) is 47.6 Å². The fourth-order valence-corrected chi connectivity index (χ4v) is 7.74. The lowest BCUT2D eigenvalue weighted by Crippen LogP contribution is -2.62. The number of aliphatic hydroxyl groups excluding tert-OH is 1. The van der Waals surface area contributed by atoms with Crippen LogP contribution in [0, 0.1) is 11.3 Å². The number of nitrogens with one attached hydrogen (secondary N) is 5. The molecule has 2 heterocycles. The highest BCUT2D eigenvalue weighted by atomic mass is 35.5. The number of nitrogens with two attached hydrogens (primary N) is 1. The molecule has 0 radical (unpaired) electrons. The van der Waals surface area contributed by atoms with Gasteiger partial charge >= 0.3 is 0 Å². The molecule has 3 aliphatic rings. The number of carbonyl (C=O) groups excluding carboxylic acids is 4. The summed E-state index contributed by atoms with van der Waals surface area (Å²) in [6.45, 7) is 7.47. The van der Waals surface area contributed by atoms with Crippen molar-refractivity contribution in [1.82, 2.24) is 31.2 Å². The number of nitrogen functional groups attached to an aromatic ring is 1. The summed E-state index contributed by atoms with van der Waals surface area (Å²) < 4.78 is 6.16. The molecule has 16 heteroatoms. The first-order valence-electron chi connectivity index (χ1n) is 19.7. The highest BCUT2D eigenvalue weighted by molar-refractivity contribution is 7.80. The maximum atomic E-state index is 14.8. The number of carbonyl (C=O) groups is 4. The average molecular weight is 813 g/mol. The molecule has 0 bridgehead atoms. The molecule has 2 aliphatic carbocycles. The van der Waals surface area contributed by atoms with Crippen LogP contribution in [0.1, 0.15) is 91.9 Å². The molecule has 1 unspecified atom stereocenters. The number of anilines is 2. The molecule has 2 saturated carbocycles. The molecule has 6 atom stereocenters. The van der Waals surface area contributed by atoms with Crippen molar-refractivity contribution >= 4 is 63.9 Å². The maximum Gasteiger partial charge on any atom is 0.251 e. The van der Waals surface area contributed by atoms with E-state index < -0.39 is 59.5 Å². The second-order valence-corrected chi connectivity index (χ2v) is 17.1. The van der Waals surface area contributed by atoms with E-state index in [2.05, 4.69) is 31.6 Å². The first-order chi connectivity index (χ1) is 26.6. The van der Waals surface area contributed by atoms with E-state index in [-0.39, 0.29) is 41.8 Å². The van der Waals surface area contributed by atoms with E-state index in [0.29, 0.717) is 29.2 Å². The highest BCUT2D eigenvalue weighted by Gasteiger charge is 2.47. The predicted octanol–water partition coefficient (Wildman–Crippen LogP) is 4.06. The predicted molar refractivity (Wildman–Crippen MR) is 220 cm³/mol. The Balaban J connectivity index is 1.38. The quantitative estimate of drug-likeness (QED) is 0.101. The minimum Gasteiger partial charge on any atom is -0.472 e. The molecule has 4 amide bonds. The summed E-state index contributed by atoms with van der Waals surface area (Å²) in [5.74, 6) is -1.71. The van der Waals surface area contributed by atoms with Crippen molar-refractivity contribution in [3.63, 3.8) is 0 Å². The Kier molecular flexibility index (Phi) is 14.8. The van der Waals surface area contributed by atoms with Crippen LogP contribution in [-0.2, 0) is 19.2 Å². The Bertz CT molecular complexity index is 1700. The molecule has 14 nitrogen and oxygen atoms in total. The van der Waals surface area contributed by atoms with Gasteiger partial charge in [-0.25, -0.2) is 4.98 Å². The van der Waals surface area contributed by atoms with Gasteiger partial charge in [-0.1, -0.05) is 77.1 Å². The van der Waals surface area contributed by atoms with E-state index in [9.17, 15) is 24.3 Å². The summed E-state index contributed by atoms with van der Waals surface area (Å²) in [4.78, 5) is 61.9. The maximum absolute atomic E-state index is 14.8. The topological polar surface area (TPSA) is 200 Å². The summed E-state index contributed by atoms with van der Waals surface area (Å²) in [7, 11) is 0. The molecule has 8 N–H and O–H groups in total. The van der Waals surface area contributed by atoms with Gasteiger partial charge in [0.25, 0.3) is 5.91 Å². The van der Waals surface area contributed by atoms with Crippen LogP contribution in [0.2, 0.25) is 5.02 Å². The number of halogens is 1. The standard InChI is InChI=1S/C40H57ClN8O6S/c1-5-11-29(33(50)37(53)44-25-17-18-25)45-35(51)30-20-26(55-31-19-16-24(41)21-43-31)22-49(30)38(54)34(40(2,3)4)48-36(52)32(23-12-7-6-8-13-23)47-39(56)46-28-15-10-9-14-27(28)42/h9-10,14-16,19,21,23,25-26,29-30,32-34,50H,5-8,11-13,17-18,20,22,42H2,1-4H3,(H,44,53)(H,45,51)(H,48,52)(H2,46,47,56)/t26-,29+,30+,32+,33?,34-/m1/s1. The number of aromatic nitrogens is 1. The van der Waals surface area contributed by atoms with Crippen molar-refractivity contribution < 1.29 is 29.0 Å². The van der Waals surface area contributed by atoms with Crippen LogP contribution in [0.5, 0.6) is 5.88 Å². The molecule has 56 heavy (non-hydrogen) atoms. The lowest BCUT2D eigenvalue weighted by atomic mass is 9.82. The number of pyridine rings is 1. The number of amides is 4. The van der Waals surface area contributed by atoms with Gasteiger partial charge in [0.15, 0.2) is 11.2 Å². The molecule has 5 rings (SSSR count). The van der Waals surface area contributed by atoms with Crippen LogP contribution in [0.15, 0.2) is 42.6 Å². The third-order valence-electron chi connectivity index (χ3n) is 10.6. The van der Waals surface area contributed by atoms with Crippen LogP contribution in [0.4, 0.5) is 11.4 Å². The minimum absolute atomic E-state index is 0.0175. The van der Waals surface area contributed by atoms with Crippen LogP contribution in [0.25, 0.3) is 0 Å². The summed E-state index contributed by atoms with van der Waals surface area (Å²) in [5, 5.41) is 26.8. The number of thiocarbonyl (C=S) groups is 1. The van der Waals surface area contributed by atoms with Gasteiger partial charge in [-0.2, -0.15) is 0 Å². The zero-order chi connectivity index (χ0) is 40.6. The molecule has 3 fully saturated rings. The van der Waals surface area contributed by atoms with Crippen LogP contribution < -0.4 is 37.1 Å². The molecule has 0 spiro atoms. The number of hydrogen-bond donors (Lipinski definition) is 7. The Labute approximate surface area is 339 Å². The molecule has 1 aliphatic heterocycles. The van der Waals surface area contributed by atoms with Gasteiger partial charge in [0, 0.05) is 24.7 Å². The monoisotopic (exact) mass is 812 g/mol. The van der Waals surface area contributed by atoms with Gasteiger partial charge in [-0.15, -0.1) is 0 Å². The summed E-state index contributed by atoms with van der Waals surface area (Å²) >= 11 is 11.7. The van der Waals surface area contributed by atoms with E-state index in [4.69, 9.17) is 34.3 Å². The zero-order valence-corrected chi connectivity index (χ0v) is 34.3. The first-order valence-corrected chi connectivity index (χ1v) is 20.5. The normalized spacial score (nSPS) is 20.9. The van der Waals surface area contributed by atoms with Gasteiger partial charge in [0.1, 0.15) is 24.2 Å². The van der Waals surface area contributed by atoms with Gasteiger partial charge in [0.2, 0.25) is 23.6 Å². The molecular formula is C40H57ClN8O6S. The number of likely N-dealkylation sites (tertiary alicyclic amines) is 1. The van der Waals surface area contributed by atoms with Crippen LogP contribution in [-0.4, -0.2) is 92.7 Å². The number of rotatable bonds is 15. The number of ether oxygens (including phenoxy) is 1. The molecule has 2 aromatic rings. The van der Waals surface area contributed by atoms with Crippen LogP contribution in [0.3, 0.4) is 0 Å². The summed E-state index contributed by atoms with van der Waals surface area (Å²) in [6.07, 6.45) is 6.69. The van der Waals surface area contributed by atoms with E-state index in [0.717, 1.165) is 44.9 Å². The van der Waals surface area contributed by atoms with E-state index in [1.165, 1.54) is 11.1 Å². The molecule has 306 valence electrons. The van der Waals surface area contributed by atoms with Gasteiger partial charge < -0.3 is 47.1 Å². The van der Waals surface area contributed by atoms with Crippen LogP contribution >= 0.6 is 23.8 Å². The minimum atomic E-state index is -1.47. The smallest absolute Gasteiger partial charge is 0.251 e. The Morgan fingerprint density at radius 2 is 1.73 bits per heavy atom. The SMILES string of the molecule is CCC[C@H](NC(=O)[C@@H]1C[C@@H](Oc2ccc(Cl)cn2)CN1C(=O)[C@@H](NC(=O)[C@@H](NC(=S)Nc1ccccc1N)C1CCCCC1)C(C)(C)C)C(O)C(=O)NC1CC1. The first kappa shape index (κ1) is 42.9. The largest absolute Gasteiger partial charge is 0.472 e. The number of benzene rings is 1. The van der Waals surface area contributed by atoms with Crippen molar-refractivity contribution in [2.45, 2.75) is 134 Å². The zero-order valence-electron chi connectivity index (χ0n) is 32.7. The fourth-order valence-electron chi connectivity index (χ4n) is 7.40. The molecule has 1 aromatic heterocycles.